The van der Waals surface area contributed by atoms with Crippen LogP contribution in [0.15, 0.2) is 91.0 Å². The van der Waals surface area contributed by atoms with Gasteiger partial charge in [-0.15, -0.1) is 0 Å². The number of carbonyl (C=O) groups excluding carboxylic acids is 2. The summed E-state index contributed by atoms with van der Waals surface area (Å²) in [6.45, 7) is 6.15. The Morgan fingerprint density at radius 3 is 2.40 bits per heavy atom. The van der Waals surface area contributed by atoms with E-state index in [0.717, 1.165) is 33.2 Å². The molecule has 1 unspecified atom stereocenters. The lowest BCUT2D eigenvalue weighted by Crippen LogP contribution is -2.26. The van der Waals surface area contributed by atoms with E-state index in [2.05, 4.69) is 0 Å². The van der Waals surface area contributed by atoms with Gasteiger partial charge in [-0.2, -0.15) is 0 Å². The van der Waals surface area contributed by atoms with Crippen molar-refractivity contribution in [1.29, 1.82) is 0 Å². The van der Waals surface area contributed by atoms with Crippen molar-refractivity contribution in [2.24, 2.45) is 0 Å². The minimum atomic E-state index is -0.546. The zero-order valence-electron chi connectivity index (χ0n) is 23.8. The lowest BCUT2D eigenvalue weighted by Gasteiger charge is -2.14. The molecule has 1 aliphatic rings. The molecular formula is C35H31NO6. The van der Waals surface area contributed by atoms with Gasteiger partial charge in [-0.3, -0.25) is 14.2 Å². The van der Waals surface area contributed by atoms with E-state index in [0.29, 0.717) is 28.5 Å². The fraction of sp³-hybridized carbons (Fsp3) is 0.200. The van der Waals surface area contributed by atoms with Gasteiger partial charge in [-0.25, -0.2) is 0 Å². The average Bonchev–Trinajstić information content (AvgIpc) is 3.52. The van der Waals surface area contributed by atoms with E-state index in [4.69, 9.17) is 18.9 Å². The summed E-state index contributed by atoms with van der Waals surface area (Å²) < 4.78 is 24.8. The van der Waals surface area contributed by atoms with Gasteiger partial charge in [-0.05, 0) is 79.4 Å². The number of hydrogen-bond acceptors (Lipinski definition) is 6. The first-order valence-corrected chi connectivity index (χ1v) is 13.9. The number of benzene rings is 4. The van der Waals surface area contributed by atoms with E-state index in [1.54, 1.807) is 16.7 Å². The second-order valence-electron chi connectivity index (χ2n) is 10.4. The molecule has 7 heteroatoms. The second-order valence-corrected chi connectivity index (χ2v) is 10.4. The maximum atomic E-state index is 13.9. The Balaban J connectivity index is 1.17. The van der Waals surface area contributed by atoms with Gasteiger partial charge in [0.2, 0.25) is 0 Å². The first kappa shape index (κ1) is 27.1. The number of para-hydroxylation sites is 1. The Bertz CT molecular complexity index is 1790. The molecule has 5 aromatic rings. The van der Waals surface area contributed by atoms with Crippen LogP contribution in [0, 0.1) is 20.8 Å². The monoisotopic (exact) mass is 561 g/mol. The highest BCUT2D eigenvalue weighted by Gasteiger charge is 2.26. The molecule has 0 amide bonds. The van der Waals surface area contributed by atoms with Gasteiger partial charge in [0.1, 0.15) is 12.4 Å². The number of fused-ring (bicyclic) bond motifs is 2. The molecule has 0 N–H and O–H groups in total. The van der Waals surface area contributed by atoms with E-state index < -0.39 is 6.29 Å². The van der Waals surface area contributed by atoms with Crippen molar-refractivity contribution in [2.45, 2.75) is 40.1 Å². The lowest BCUT2D eigenvalue weighted by atomic mass is 10.1. The van der Waals surface area contributed by atoms with Crippen LogP contribution in [0.5, 0.6) is 17.2 Å². The molecule has 0 fully saturated rings. The standard InChI is InChI=1S/C35H31NO6/c1-22-13-16-31-32(17-22)42-34(41-31)21-39-26-14-15-27(23(2)18-26)35(38)36-24(3)29(28-11-7-8-12-30(28)36)19-33(37)40-20-25-9-5-4-6-10-25/h4-18,34H,19-21H2,1-3H3. The molecule has 42 heavy (non-hydrogen) atoms. The largest absolute Gasteiger partial charge is 0.486 e. The molecule has 2 heterocycles. The molecule has 0 radical (unpaired) electrons. The van der Waals surface area contributed by atoms with Gasteiger partial charge in [0.05, 0.1) is 11.9 Å². The van der Waals surface area contributed by atoms with Crippen LogP contribution < -0.4 is 14.2 Å². The highest BCUT2D eigenvalue weighted by molar-refractivity contribution is 6.05. The van der Waals surface area contributed by atoms with E-state index in [9.17, 15) is 9.59 Å². The van der Waals surface area contributed by atoms with Crippen molar-refractivity contribution in [3.05, 3.63) is 125 Å². The van der Waals surface area contributed by atoms with Crippen LogP contribution in [0.1, 0.15) is 38.3 Å². The predicted molar refractivity (Wildman–Crippen MR) is 159 cm³/mol. The van der Waals surface area contributed by atoms with Crippen LogP contribution in [-0.4, -0.2) is 29.3 Å². The Labute approximate surface area is 244 Å². The van der Waals surface area contributed by atoms with Crippen LogP contribution in [0.3, 0.4) is 0 Å². The number of nitrogens with zero attached hydrogens (tertiary/aromatic N) is 1. The Hall–Kier alpha value is -5.04. The van der Waals surface area contributed by atoms with E-state index in [1.807, 2.05) is 99.6 Å². The molecular weight excluding hydrogens is 530 g/mol. The summed E-state index contributed by atoms with van der Waals surface area (Å²) in [6.07, 6.45) is -0.477. The van der Waals surface area contributed by atoms with Gasteiger partial charge in [0.25, 0.3) is 12.2 Å². The van der Waals surface area contributed by atoms with E-state index in [1.165, 1.54) is 0 Å². The van der Waals surface area contributed by atoms with Gasteiger partial charge in [0, 0.05) is 16.6 Å². The highest BCUT2D eigenvalue weighted by Crippen LogP contribution is 2.35. The summed E-state index contributed by atoms with van der Waals surface area (Å²) in [5.74, 6) is 1.50. The maximum Gasteiger partial charge on any atom is 0.310 e. The van der Waals surface area contributed by atoms with E-state index in [-0.39, 0.29) is 31.5 Å². The molecule has 0 saturated heterocycles. The summed E-state index contributed by atoms with van der Waals surface area (Å²) in [7, 11) is 0. The number of aryl methyl sites for hydroxylation is 2. The molecule has 1 aliphatic heterocycles. The smallest absolute Gasteiger partial charge is 0.310 e. The van der Waals surface area contributed by atoms with Crippen molar-refractivity contribution in [3.8, 4) is 17.2 Å². The fourth-order valence-electron chi connectivity index (χ4n) is 5.28. The summed E-state index contributed by atoms with van der Waals surface area (Å²) in [5.41, 5.74) is 5.56. The molecule has 4 aromatic carbocycles. The van der Waals surface area contributed by atoms with Crippen molar-refractivity contribution in [3.63, 3.8) is 0 Å². The molecule has 0 aliphatic carbocycles. The third-order valence-electron chi connectivity index (χ3n) is 7.44. The van der Waals surface area contributed by atoms with Crippen LogP contribution in [-0.2, 0) is 22.6 Å². The third kappa shape index (κ3) is 5.46. The molecule has 0 bridgehead atoms. The molecule has 0 spiro atoms. The van der Waals surface area contributed by atoms with Crippen LogP contribution in [0.2, 0.25) is 0 Å². The SMILES string of the molecule is Cc1ccc2c(c1)OC(COc1ccc(C(=O)n3c(C)c(CC(=O)OCc4ccccc4)c4ccccc43)c(C)c1)O2. The Kier molecular flexibility index (Phi) is 7.40. The molecule has 1 aromatic heterocycles. The first-order chi connectivity index (χ1) is 20.4. The first-order valence-electron chi connectivity index (χ1n) is 13.9. The van der Waals surface area contributed by atoms with Gasteiger partial charge < -0.3 is 18.9 Å². The fourth-order valence-corrected chi connectivity index (χ4v) is 5.28. The number of hydrogen-bond donors (Lipinski definition) is 0. The predicted octanol–water partition coefficient (Wildman–Crippen LogP) is 6.72. The van der Waals surface area contributed by atoms with Crippen molar-refractivity contribution >= 4 is 22.8 Å². The zero-order chi connectivity index (χ0) is 29.2. The summed E-state index contributed by atoms with van der Waals surface area (Å²) in [4.78, 5) is 26.7. The Morgan fingerprint density at radius 2 is 1.60 bits per heavy atom. The van der Waals surface area contributed by atoms with Crippen LogP contribution >= 0.6 is 0 Å². The number of carbonyl (C=O) groups is 2. The van der Waals surface area contributed by atoms with Crippen LogP contribution in [0.4, 0.5) is 0 Å². The topological polar surface area (TPSA) is 76.0 Å². The molecule has 212 valence electrons. The van der Waals surface area contributed by atoms with Gasteiger partial charge >= 0.3 is 5.97 Å². The molecule has 1 atom stereocenters. The van der Waals surface area contributed by atoms with Gasteiger partial charge in [-0.1, -0.05) is 54.6 Å². The molecule has 6 rings (SSSR count). The minimum absolute atomic E-state index is 0.0694. The average molecular weight is 562 g/mol. The van der Waals surface area contributed by atoms with Gasteiger partial charge in [0.15, 0.2) is 18.1 Å². The zero-order valence-corrected chi connectivity index (χ0v) is 23.8. The summed E-state index contributed by atoms with van der Waals surface area (Å²) in [6, 6.07) is 28.4. The van der Waals surface area contributed by atoms with Crippen molar-refractivity contribution < 1.29 is 28.5 Å². The van der Waals surface area contributed by atoms with E-state index >= 15 is 0 Å². The summed E-state index contributed by atoms with van der Waals surface area (Å²) in [5, 5.41) is 0.852. The quantitative estimate of drug-likeness (QED) is 0.196. The number of aromatic nitrogens is 1. The number of esters is 1. The molecule has 7 nitrogen and oxygen atoms in total. The molecule has 0 saturated carbocycles. The van der Waals surface area contributed by atoms with Crippen LogP contribution in [0.25, 0.3) is 10.9 Å². The third-order valence-corrected chi connectivity index (χ3v) is 7.44. The number of ether oxygens (including phenoxy) is 4. The minimum Gasteiger partial charge on any atom is -0.486 e. The van der Waals surface area contributed by atoms with Crippen molar-refractivity contribution in [1.82, 2.24) is 4.57 Å². The second kappa shape index (κ2) is 11.4. The highest BCUT2D eigenvalue weighted by atomic mass is 16.7. The normalized spacial score (nSPS) is 13.7. The lowest BCUT2D eigenvalue weighted by molar-refractivity contribution is -0.144. The summed E-state index contributed by atoms with van der Waals surface area (Å²) >= 11 is 0. The van der Waals surface area contributed by atoms with Crippen molar-refractivity contribution in [2.75, 3.05) is 6.61 Å². The Morgan fingerprint density at radius 1 is 0.833 bits per heavy atom. The maximum absolute atomic E-state index is 13.9. The number of rotatable bonds is 8.